The van der Waals surface area contributed by atoms with Crippen molar-refractivity contribution in [3.63, 3.8) is 0 Å². The van der Waals surface area contributed by atoms with E-state index in [2.05, 4.69) is 15.4 Å². The van der Waals surface area contributed by atoms with Crippen molar-refractivity contribution in [3.8, 4) is 5.88 Å². The smallest absolute Gasteiger partial charge is 0.276 e. The zero-order valence-electron chi connectivity index (χ0n) is 12.0. The number of amides is 1. The average molecular weight is 300 g/mol. The number of likely N-dealkylation sites (tertiary alicyclic amines) is 1. The molecule has 1 saturated carbocycles. The molecule has 4 rings (SSSR count). The summed E-state index contributed by atoms with van der Waals surface area (Å²) in [6.45, 7) is 1.18. The molecule has 1 aliphatic heterocycles. The third-order valence-corrected chi connectivity index (χ3v) is 3.99. The maximum Gasteiger partial charge on any atom is 0.276 e. The molecule has 1 aliphatic carbocycles. The summed E-state index contributed by atoms with van der Waals surface area (Å²) < 4.78 is 11.0. The number of aromatic nitrogens is 3. The van der Waals surface area contributed by atoms with E-state index in [1.54, 1.807) is 29.3 Å². The molecule has 114 valence electrons. The molecular formula is C15H16N4O3. The van der Waals surface area contributed by atoms with Crippen LogP contribution in [0.2, 0.25) is 0 Å². The molecule has 0 unspecified atom stereocenters. The van der Waals surface area contributed by atoms with Gasteiger partial charge in [0.2, 0.25) is 5.88 Å². The topological polar surface area (TPSA) is 81.4 Å². The first-order chi connectivity index (χ1) is 10.8. The standard InChI is InChI=1S/C15H16N4O3/c20-15(12-8-13(22-18-12)10-3-4-10)19-7-5-11(9-19)21-14-2-1-6-16-17-14/h1-2,6,8,10-11H,3-5,7,9H2/t11-/m0/s1. The molecule has 0 spiro atoms. The Hall–Kier alpha value is -2.44. The van der Waals surface area contributed by atoms with Crippen LogP contribution in [-0.2, 0) is 0 Å². The van der Waals surface area contributed by atoms with E-state index < -0.39 is 0 Å². The van der Waals surface area contributed by atoms with Crippen molar-refractivity contribution in [2.24, 2.45) is 0 Å². The predicted molar refractivity (Wildman–Crippen MR) is 75.4 cm³/mol. The summed E-state index contributed by atoms with van der Waals surface area (Å²) in [5.41, 5.74) is 0.391. The Balaban J connectivity index is 1.38. The van der Waals surface area contributed by atoms with Gasteiger partial charge in [0, 0.05) is 37.2 Å². The van der Waals surface area contributed by atoms with Gasteiger partial charge in [0.25, 0.3) is 5.91 Å². The van der Waals surface area contributed by atoms with Crippen molar-refractivity contribution in [1.82, 2.24) is 20.3 Å². The largest absolute Gasteiger partial charge is 0.471 e. The van der Waals surface area contributed by atoms with Crippen LogP contribution >= 0.6 is 0 Å². The van der Waals surface area contributed by atoms with Crippen molar-refractivity contribution in [2.45, 2.75) is 31.3 Å². The highest BCUT2D eigenvalue weighted by Crippen LogP contribution is 2.40. The molecule has 0 radical (unpaired) electrons. The lowest BCUT2D eigenvalue weighted by Crippen LogP contribution is -2.31. The van der Waals surface area contributed by atoms with E-state index >= 15 is 0 Å². The Kier molecular flexibility index (Phi) is 3.25. The van der Waals surface area contributed by atoms with Crippen LogP contribution in [0.1, 0.15) is 41.4 Å². The van der Waals surface area contributed by atoms with Gasteiger partial charge < -0.3 is 14.2 Å². The fraction of sp³-hybridized carbons (Fsp3) is 0.467. The minimum absolute atomic E-state index is 0.0598. The molecule has 22 heavy (non-hydrogen) atoms. The lowest BCUT2D eigenvalue weighted by molar-refractivity contribution is 0.0760. The van der Waals surface area contributed by atoms with Crippen LogP contribution in [-0.4, -0.2) is 45.4 Å². The Morgan fingerprint density at radius 1 is 1.36 bits per heavy atom. The van der Waals surface area contributed by atoms with E-state index in [-0.39, 0.29) is 12.0 Å². The van der Waals surface area contributed by atoms with Gasteiger partial charge in [0.15, 0.2) is 5.69 Å². The third-order valence-electron chi connectivity index (χ3n) is 3.99. The van der Waals surface area contributed by atoms with Gasteiger partial charge in [-0.15, -0.1) is 5.10 Å². The summed E-state index contributed by atoms with van der Waals surface area (Å²) in [6.07, 6.45) is 4.56. The Labute approximate surface area is 127 Å². The van der Waals surface area contributed by atoms with E-state index in [1.807, 2.05) is 0 Å². The number of carbonyl (C=O) groups excluding carboxylic acids is 1. The molecule has 2 aromatic heterocycles. The normalized spacial score (nSPS) is 21.1. The van der Waals surface area contributed by atoms with E-state index in [4.69, 9.17) is 9.26 Å². The van der Waals surface area contributed by atoms with E-state index in [0.717, 1.165) is 25.0 Å². The molecule has 7 nitrogen and oxygen atoms in total. The number of ether oxygens (including phenoxy) is 1. The van der Waals surface area contributed by atoms with E-state index in [9.17, 15) is 4.79 Å². The zero-order valence-corrected chi connectivity index (χ0v) is 12.0. The van der Waals surface area contributed by atoms with Crippen molar-refractivity contribution in [2.75, 3.05) is 13.1 Å². The first-order valence-corrected chi connectivity index (χ1v) is 7.50. The lowest BCUT2D eigenvalue weighted by atomic mass is 10.2. The second-order valence-electron chi connectivity index (χ2n) is 5.73. The first-order valence-electron chi connectivity index (χ1n) is 7.50. The number of hydrogen-bond donors (Lipinski definition) is 0. The van der Waals surface area contributed by atoms with Crippen molar-refractivity contribution in [1.29, 1.82) is 0 Å². The molecule has 2 aliphatic rings. The fourth-order valence-corrected chi connectivity index (χ4v) is 2.64. The Bertz CT molecular complexity index is 668. The minimum atomic E-state index is -0.0964. The van der Waals surface area contributed by atoms with Gasteiger partial charge in [-0.25, -0.2) is 0 Å². The molecule has 2 fully saturated rings. The second-order valence-corrected chi connectivity index (χ2v) is 5.73. The SMILES string of the molecule is O=C(c1cc(C2CC2)on1)N1CC[C@H](Oc2cccnn2)C1. The molecular weight excluding hydrogens is 284 g/mol. The molecule has 2 aromatic rings. The van der Waals surface area contributed by atoms with Crippen LogP contribution in [0.5, 0.6) is 5.88 Å². The number of rotatable bonds is 4. The van der Waals surface area contributed by atoms with Crippen LogP contribution in [0.4, 0.5) is 0 Å². The van der Waals surface area contributed by atoms with Gasteiger partial charge >= 0.3 is 0 Å². The highest BCUT2D eigenvalue weighted by molar-refractivity contribution is 5.92. The fourth-order valence-electron chi connectivity index (χ4n) is 2.64. The summed E-state index contributed by atoms with van der Waals surface area (Å²) >= 11 is 0. The first kappa shape index (κ1) is 13.2. The minimum Gasteiger partial charge on any atom is -0.471 e. The van der Waals surface area contributed by atoms with Gasteiger partial charge in [-0.3, -0.25) is 4.79 Å². The third kappa shape index (κ3) is 2.66. The number of carbonyl (C=O) groups is 1. The molecule has 7 heteroatoms. The Morgan fingerprint density at radius 3 is 3.05 bits per heavy atom. The van der Waals surface area contributed by atoms with Gasteiger partial charge in [0.1, 0.15) is 11.9 Å². The summed E-state index contributed by atoms with van der Waals surface area (Å²) in [5, 5.41) is 11.6. The van der Waals surface area contributed by atoms with Gasteiger partial charge in [-0.2, -0.15) is 5.10 Å². The maximum absolute atomic E-state index is 12.4. The molecule has 0 bridgehead atoms. The van der Waals surface area contributed by atoms with E-state index in [0.29, 0.717) is 30.6 Å². The molecule has 1 amide bonds. The molecule has 1 atom stereocenters. The monoisotopic (exact) mass is 300 g/mol. The van der Waals surface area contributed by atoms with Crippen molar-refractivity contribution >= 4 is 5.91 Å². The van der Waals surface area contributed by atoms with Crippen LogP contribution in [0.15, 0.2) is 28.9 Å². The van der Waals surface area contributed by atoms with Crippen molar-refractivity contribution in [3.05, 3.63) is 35.9 Å². The number of nitrogens with zero attached hydrogens (tertiary/aromatic N) is 4. The molecule has 0 aromatic carbocycles. The lowest BCUT2D eigenvalue weighted by Gasteiger charge is -2.15. The predicted octanol–water partition coefficient (Wildman–Crippen LogP) is 1.64. The summed E-state index contributed by atoms with van der Waals surface area (Å²) in [4.78, 5) is 14.2. The summed E-state index contributed by atoms with van der Waals surface area (Å²) in [7, 11) is 0. The van der Waals surface area contributed by atoms with Gasteiger partial charge in [-0.05, 0) is 18.9 Å². The van der Waals surface area contributed by atoms with Crippen LogP contribution in [0.25, 0.3) is 0 Å². The quantitative estimate of drug-likeness (QED) is 0.853. The average Bonchev–Trinajstić information content (AvgIpc) is 3.10. The number of hydrogen-bond acceptors (Lipinski definition) is 6. The second kappa shape index (κ2) is 5.40. The van der Waals surface area contributed by atoms with Gasteiger partial charge in [-0.1, -0.05) is 5.16 Å². The molecule has 3 heterocycles. The van der Waals surface area contributed by atoms with E-state index in [1.165, 1.54) is 0 Å². The van der Waals surface area contributed by atoms with Crippen LogP contribution in [0, 0.1) is 0 Å². The highest BCUT2D eigenvalue weighted by Gasteiger charge is 2.32. The van der Waals surface area contributed by atoms with Crippen molar-refractivity contribution < 1.29 is 14.1 Å². The summed E-state index contributed by atoms with van der Waals surface area (Å²) in [6, 6.07) is 5.31. The van der Waals surface area contributed by atoms with Gasteiger partial charge in [0.05, 0.1) is 6.54 Å². The Morgan fingerprint density at radius 2 is 2.27 bits per heavy atom. The highest BCUT2D eigenvalue weighted by atomic mass is 16.5. The molecule has 1 saturated heterocycles. The molecule has 0 N–H and O–H groups in total. The van der Waals surface area contributed by atoms with Crippen LogP contribution < -0.4 is 4.74 Å². The summed E-state index contributed by atoms with van der Waals surface area (Å²) in [5.74, 6) is 1.68. The van der Waals surface area contributed by atoms with Crippen LogP contribution in [0.3, 0.4) is 0 Å². The zero-order chi connectivity index (χ0) is 14.9. The maximum atomic E-state index is 12.4.